The third-order valence-corrected chi connectivity index (χ3v) is 7.32. The highest BCUT2D eigenvalue weighted by Crippen LogP contribution is 2.46. The number of ether oxygens (including phenoxy) is 4. The fourth-order valence-electron chi connectivity index (χ4n) is 4.41. The molecule has 0 heterocycles. The zero-order chi connectivity index (χ0) is 28.6. The summed E-state index contributed by atoms with van der Waals surface area (Å²) >= 11 is 1.15. The number of esters is 2. The van der Waals surface area contributed by atoms with E-state index in [0.29, 0.717) is 30.1 Å². The molecular formula is C32H30O7S. The molecule has 0 fully saturated rings. The van der Waals surface area contributed by atoms with E-state index < -0.39 is 5.97 Å². The highest BCUT2D eigenvalue weighted by Gasteiger charge is 2.27. The van der Waals surface area contributed by atoms with Gasteiger partial charge in [-0.3, -0.25) is 9.59 Å². The van der Waals surface area contributed by atoms with Crippen LogP contribution >= 0.6 is 11.8 Å². The Morgan fingerprint density at radius 1 is 0.950 bits per heavy atom. The van der Waals surface area contributed by atoms with Crippen LogP contribution in [-0.2, 0) is 19.1 Å². The Kier molecular flexibility index (Phi) is 9.58. The molecule has 206 valence electrons. The van der Waals surface area contributed by atoms with Gasteiger partial charge in [-0.05, 0) is 89.0 Å². The molecule has 1 atom stereocenters. The molecule has 4 rings (SSSR count). The average molecular weight is 559 g/mol. The van der Waals surface area contributed by atoms with Crippen molar-refractivity contribution in [1.29, 1.82) is 0 Å². The Morgan fingerprint density at radius 3 is 2.33 bits per heavy atom. The summed E-state index contributed by atoms with van der Waals surface area (Å²) in [6, 6.07) is 18.6. The molecule has 40 heavy (non-hydrogen) atoms. The van der Waals surface area contributed by atoms with Gasteiger partial charge in [0.1, 0.15) is 11.5 Å². The monoisotopic (exact) mass is 558 g/mol. The Morgan fingerprint density at radius 2 is 1.62 bits per heavy atom. The average Bonchev–Trinajstić information content (AvgIpc) is 3.22. The summed E-state index contributed by atoms with van der Waals surface area (Å²) in [6.07, 6.45) is 1.89. The number of fused-ring (bicyclic) bond motifs is 3. The molecule has 0 saturated carbocycles. The number of benzene rings is 3. The lowest BCUT2D eigenvalue weighted by atomic mass is 9.98. The highest BCUT2D eigenvalue weighted by molar-refractivity contribution is 8.14. The zero-order valence-electron chi connectivity index (χ0n) is 22.4. The number of carbonyl (C=O) groups excluding carboxylic acids is 3. The van der Waals surface area contributed by atoms with Crippen molar-refractivity contribution >= 4 is 28.8 Å². The molecule has 0 bridgehead atoms. The quantitative estimate of drug-likeness (QED) is 0.0606. The lowest BCUT2D eigenvalue weighted by molar-refractivity contribution is -0.138. The van der Waals surface area contributed by atoms with Crippen LogP contribution in [0, 0.1) is 0 Å². The first-order valence-electron chi connectivity index (χ1n) is 12.7. The van der Waals surface area contributed by atoms with Gasteiger partial charge in [0.2, 0.25) is 5.12 Å². The third-order valence-electron chi connectivity index (χ3n) is 6.39. The van der Waals surface area contributed by atoms with Crippen molar-refractivity contribution in [2.45, 2.75) is 30.6 Å². The summed E-state index contributed by atoms with van der Waals surface area (Å²) in [5.41, 5.74) is 5.04. The van der Waals surface area contributed by atoms with Crippen LogP contribution in [0.25, 0.3) is 11.1 Å². The predicted molar refractivity (Wildman–Crippen MR) is 154 cm³/mol. The van der Waals surface area contributed by atoms with Gasteiger partial charge in [-0.1, -0.05) is 32.2 Å². The molecule has 0 saturated heterocycles. The molecule has 0 N–H and O–H groups in total. The Hall–Kier alpha value is -4.14. The summed E-state index contributed by atoms with van der Waals surface area (Å²) in [5, 5.41) is -0.0633. The molecule has 3 aromatic carbocycles. The molecule has 7 nitrogen and oxygen atoms in total. The van der Waals surface area contributed by atoms with Gasteiger partial charge in [0.25, 0.3) is 0 Å². The van der Waals surface area contributed by atoms with Crippen molar-refractivity contribution < 1.29 is 33.3 Å². The number of rotatable bonds is 12. The highest BCUT2D eigenvalue weighted by atomic mass is 32.2. The SMILES string of the molecule is C=COC(=O)CCCOc1ccc(SC(=O)c2ccc3c(c2)C(C)c2cc(OC(=O)C(=C)COC)ccc2-3)cc1. The van der Waals surface area contributed by atoms with Crippen LogP contribution in [0.2, 0.25) is 0 Å². The van der Waals surface area contributed by atoms with Crippen LogP contribution in [0.5, 0.6) is 11.5 Å². The standard InChI is InChI=1S/C32H30O7S/c1-5-37-30(33)7-6-16-38-23-9-12-25(13-10-23)40-32(35)22-8-14-26-27-15-11-24(39-31(34)20(2)19-36-4)18-29(27)21(3)28(26)17-22/h5,8-15,17-18,21H,1-2,6-7,16,19H2,3-4H3. The van der Waals surface area contributed by atoms with Crippen LogP contribution in [0.3, 0.4) is 0 Å². The maximum Gasteiger partial charge on any atom is 0.341 e. The molecule has 3 aromatic rings. The maximum absolute atomic E-state index is 13.1. The van der Waals surface area contributed by atoms with Crippen molar-refractivity contribution in [3.8, 4) is 22.6 Å². The minimum atomic E-state index is -0.527. The Bertz CT molecular complexity index is 1440. The minimum absolute atomic E-state index is 0.0265. The van der Waals surface area contributed by atoms with Crippen LogP contribution in [0.15, 0.2) is 90.6 Å². The predicted octanol–water partition coefficient (Wildman–Crippen LogP) is 6.71. The van der Waals surface area contributed by atoms with Gasteiger partial charge in [0.05, 0.1) is 25.0 Å². The van der Waals surface area contributed by atoms with E-state index in [1.807, 2.05) is 42.5 Å². The van der Waals surface area contributed by atoms with Gasteiger partial charge < -0.3 is 18.9 Å². The maximum atomic E-state index is 13.1. The van der Waals surface area contributed by atoms with Crippen LogP contribution in [0.4, 0.5) is 0 Å². The van der Waals surface area contributed by atoms with Crippen LogP contribution in [-0.4, -0.2) is 37.4 Å². The Labute approximate surface area is 237 Å². The summed E-state index contributed by atoms with van der Waals surface area (Å²) in [5.74, 6) is 0.254. The molecule has 1 aliphatic carbocycles. The smallest absolute Gasteiger partial charge is 0.341 e. The van der Waals surface area contributed by atoms with E-state index in [-0.39, 0.29) is 35.6 Å². The van der Waals surface area contributed by atoms with E-state index in [0.717, 1.165) is 45.2 Å². The van der Waals surface area contributed by atoms with Gasteiger partial charge in [-0.15, -0.1) is 0 Å². The number of thioether (sulfide) groups is 1. The lowest BCUT2D eigenvalue weighted by Gasteiger charge is -2.10. The number of hydrogen-bond donors (Lipinski definition) is 0. The molecule has 8 heteroatoms. The van der Waals surface area contributed by atoms with Crippen molar-refractivity contribution in [2.24, 2.45) is 0 Å². The lowest BCUT2D eigenvalue weighted by Crippen LogP contribution is -2.14. The van der Waals surface area contributed by atoms with E-state index in [9.17, 15) is 14.4 Å². The number of methoxy groups -OCH3 is 1. The number of hydrogen-bond acceptors (Lipinski definition) is 8. The molecule has 0 aliphatic heterocycles. The molecule has 0 spiro atoms. The van der Waals surface area contributed by atoms with E-state index in [2.05, 4.69) is 24.8 Å². The second-order valence-corrected chi connectivity index (χ2v) is 10.2. The van der Waals surface area contributed by atoms with E-state index in [1.165, 1.54) is 7.11 Å². The van der Waals surface area contributed by atoms with E-state index >= 15 is 0 Å². The summed E-state index contributed by atoms with van der Waals surface area (Å²) in [7, 11) is 1.49. The first kappa shape index (κ1) is 28.9. The van der Waals surface area contributed by atoms with Gasteiger partial charge in [-0.25, -0.2) is 4.79 Å². The van der Waals surface area contributed by atoms with Crippen molar-refractivity contribution in [3.63, 3.8) is 0 Å². The second-order valence-electron chi connectivity index (χ2n) is 9.17. The van der Waals surface area contributed by atoms with Crippen LogP contribution in [0.1, 0.15) is 47.2 Å². The molecule has 1 aliphatic rings. The minimum Gasteiger partial charge on any atom is -0.494 e. The summed E-state index contributed by atoms with van der Waals surface area (Å²) < 4.78 is 20.8. The van der Waals surface area contributed by atoms with Crippen molar-refractivity contribution in [1.82, 2.24) is 0 Å². The molecule has 1 unspecified atom stereocenters. The van der Waals surface area contributed by atoms with E-state index in [1.54, 1.807) is 18.2 Å². The molecule has 0 aromatic heterocycles. The first-order valence-corrected chi connectivity index (χ1v) is 13.5. The Balaban J connectivity index is 1.37. The normalized spacial score (nSPS) is 13.1. The fourth-order valence-corrected chi connectivity index (χ4v) is 5.14. The van der Waals surface area contributed by atoms with Gasteiger partial charge in [-0.2, -0.15) is 0 Å². The first-order chi connectivity index (χ1) is 19.3. The number of carbonyl (C=O) groups is 3. The fraction of sp³-hybridized carbons (Fsp3) is 0.219. The second kappa shape index (κ2) is 13.3. The topological polar surface area (TPSA) is 88.1 Å². The van der Waals surface area contributed by atoms with E-state index in [4.69, 9.17) is 14.2 Å². The van der Waals surface area contributed by atoms with Crippen LogP contribution < -0.4 is 9.47 Å². The molecule has 0 radical (unpaired) electrons. The summed E-state index contributed by atoms with van der Waals surface area (Å²) in [4.78, 5) is 37.5. The van der Waals surface area contributed by atoms with Gasteiger partial charge in [0.15, 0.2) is 0 Å². The summed E-state index contributed by atoms with van der Waals surface area (Å²) in [6.45, 7) is 9.59. The molecule has 0 amide bonds. The molecular weight excluding hydrogens is 528 g/mol. The van der Waals surface area contributed by atoms with Gasteiger partial charge >= 0.3 is 11.9 Å². The van der Waals surface area contributed by atoms with Crippen molar-refractivity contribution in [2.75, 3.05) is 20.3 Å². The van der Waals surface area contributed by atoms with Crippen molar-refractivity contribution in [3.05, 3.63) is 102 Å². The zero-order valence-corrected chi connectivity index (χ0v) is 23.3. The third kappa shape index (κ3) is 6.89. The van der Waals surface area contributed by atoms with Gasteiger partial charge in [0, 0.05) is 29.9 Å². The largest absolute Gasteiger partial charge is 0.494 e.